The maximum absolute atomic E-state index is 12.7. The van der Waals surface area contributed by atoms with Gasteiger partial charge in [0.2, 0.25) is 0 Å². The molecule has 2 rings (SSSR count). The van der Waals surface area contributed by atoms with Crippen LogP contribution in [0.2, 0.25) is 0 Å². The molecule has 1 unspecified atom stereocenters. The number of hydrogen-bond donors (Lipinski definition) is 2. The molecule has 0 heterocycles. The van der Waals surface area contributed by atoms with Crippen molar-refractivity contribution in [2.45, 2.75) is 31.2 Å². The second-order valence-electron chi connectivity index (χ2n) is 6.13. The summed E-state index contributed by atoms with van der Waals surface area (Å²) >= 11 is 0. The van der Waals surface area contributed by atoms with Gasteiger partial charge in [0.05, 0.1) is 10.9 Å². The van der Waals surface area contributed by atoms with E-state index in [1.165, 1.54) is 0 Å². The summed E-state index contributed by atoms with van der Waals surface area (Å²) in [5.74, 6) is -0.379. The Morgan fingerprint density at radius 1 is 1.08 bits per heavy atom. The highest BCUT2D eigenvalue weighted by atomic mass is 32.2. The Kier molecular flexibility index (Phi) is 5.88. The molecule has 4 N–H and O–H groups in total. The SMILES string of the molecule is CC(C)C[C@H](N)C(=O)N=S(N)(=O)c1cccc(-c2ccccc2)c1. The minimum atomic E-state index is -3.33. The van der Waals surface area contributed by atoms with Crippen LogP contribution in [0.5, 0.6) is 0 Å². The second kappa shape index (κ2) is 7.70. The molecule has 2 aromatic carbocycles. The maximum Gasteiger partial charge on any atom is 0.271 e. The lowest BCUT2D eigenvalue weighted by atomic mass is 10.0. The van der Waals surface area contributed by atoms with E-state index in [0.29, 0.717) is 11.3 Å². The van der Waals surface area contributed by atoms with E-state index in [9.17, 15) is 9.00 Å². The van der Waals surface area contributed by atoms with Crippen LogP contribution in [-0.4, -0.2) is 16.2 Å². The normalized spacial score (nSPS) is 14.9. The van der Waals surface area contributed by atoms with Gasteiger partial charge in [0.25, 0.3) is 5.91 Å². The zero-order valence-corrected chi connectivity index (χ0v) is 14.7. The average molecular weight is 345 g/mol. The molecule has 2 atom stereocenters. The molecule has 6 heteroatoms. The van der Waals surface area contributed by atoms with Gasteiger partial charge in [0.15, 0.2) is 0 Å². The number of amides is 1. The van der Waals surface area contributed by atoms with Gasteiger partial charge in [-0.2, -0.15) is 0 Å². The number of carbonyl (C=O) groups is 1. The fourth-order valence-corrected chi connectivity index (χ4v) is 3.43. The maximum atomic E-state index is 12.7. The van der Waals surface area contributed by atoms with Crippen LogP contribution in [0.25, 0.3) is 11.1 Å². The zero-order valence-electron chi connectivity index (χ0n) is 13.9. The van der Waals surface area contributed by atoms with E-state index in [-0.39, 0.29) is 5.92 Å². The van der Waals surface area contributed by atoms with Crippen LogP contribution in [0.3, 0.4) is 0 Å². The molecule has 0 bridgehead atoms. The van der Waals surface area contributed by atoms with Crippen molar-refractivity contribution in [2.75, 3.05) is 0 Å². The molecule has 2 aromatic rings. The zero-order chi connectivity index (χ0) is 17.7. The van der Waals surface area contributed by atoms with Crippen molar-refractivity contribution in [3.63, 3.8) is 0 Å². The largest absolute Gasteiger partial charge is 0.320 e. The second-order valence-corrected chi connectivity index (χ2v) is 7.92. The van der Waals surface area contributed by atoms with Crippen LogP contribution in [0, 0.1) is 5.92 Å². The van der Waals surface area contributed by atoms with Crippen molar-refractivity contribution < 1.29 is 9.00 Å². The number of nitrogens with two attached hydrogens (primary N) is 2. The van der Waals surface area contributed by atoms with E-state index >= 15 is 0 Å². The fourth-order valence-electron chi connectivity index (χ4n) is 2.35. The Balaban J connectivity index is 2.34. The Bertz CT molecular complexity index is 825. The molecule has 0 aliphatic rings. The van der Waals surface area contributed by atoms with E-state index in [1.807, 2.05) is 50.2 Å². The highest BCUT2D eigenvalue weighted by Gasteiger charge is 2.18. The highest BCUT2D eigenvalue weighted by molar-refractivity contribution is 7.91. The summed E-state index contributed by atoms with van der Waals surface area (Å²) in [5, 5.41) is 5.84. The molecular weight excluding hydrogens is 322 g/mol. The molecule has 0 saturated carbocycles. The molecule has 0 fully saturated rings. The average Bonchev–Trinajstić information content (AvgIpc) is 2.55. The molecule has 0 aliphatic carbocycles. The topological polar surface area (TPSA) is 98.5 Å². The van der Waals surface area contributed by atoms with Crippen LogP contribution < -0.4 is 10.9 Å². The number of rotatable bonds is 5. The minimum absolute atomic E-state index is 0.245. The number of nitrogens with zero attached hydrogens (tertiary/aromatic N) is 1. The van der Waals surface area contributed by atoms with Crippen LogP contribution in [0.1, 0.15) is 20.3 Å². The van der Waals surface area contributed by atoms with Gasteiger partial charge in [-0.25, -0.2) is 9.35 Å². The molecular formula is C18H23N3O2S. The molecule has 1 amide bonds. The van der Waals surface area contributed by atoms with E-state index in [0.717, 1.165) is 11.1 Å². The van der Waals surface area contributed by atoms with Crippen molar-refractivity contribution in [3.8, 4) is 11.1 Å². The third kappa shape index (κ3) is 4.74. The lowest BCUT2D eigenvalue weighted by Gasteiger charge is -2.11. The minimum Gasteiger partial charge on any atom is -0.320 e. The lowest BCUT2D eigenvalue weighted by Crippen LogP contribution is -2.32. The lowest BCUT2D eigenvalue weighted by molar-refractivity contribution is -0.119. The summed E-state index contributed by atoms with van der Waals surface area (Å²) in [6, 6.07) is 15.8. The molecule has 0 aliphatic heterocycles. The third-order valence-electron chi connectivity index (χ3n) is 3.55. The molecule has 0 saturated heterocycles. The summed E-state index contributed by atoms with van der Waals surface area (Å²) in [4.78, 5) is 12.4. The Morgan fingerprint density at radius 3 is 2.33 bits per heavy atom. The Morgan fingerprint density at radius 2 is 1.71 bits per heavy atom. The molecule has 0 aromatic heterocycles. The van der Waals surface area contributed by atoms with Crippen molar-refractivity contribution in [2.24, 2.45) is 21.2 Å². The fraction of sp³-hybridized carbons (Fsp3) is 0.278. The smallest absolute Gasteiger partial charge is 0.271 e. The van der Waals surface area contributed by atoms with Gasteiger partial charge in [-0.3, -0.25) is 4.79 Å². The first-order valence-electron chi connectivity index (χ1n) is 7.79. The van der Waals surface area contributed by atoms with Crippen LogP contribution in [0.15, 0.2) is 63.9 Å². The molecule has 5 nitrogen and oxygen atoms in total. The van der Waals surface area contributed by atoms with E-state index in [2.05, 4.69) is 4.36 Å². The predicted octanol–water partition coefficient (Wildman–Crippen LogP) is 2.95. The van der Waals surface area contributed by atoms with Gasteiger partial charge in [-0.15, -0.1) is 4.36 Å². The standard InChI is InChI=1S/C18H23N3O2S/c1-13(2)11-17(19)18(22)21-24(20,23)16-10-6-9-15(12-16)14-7-4-3-5-8-14/h3-10,12-13,17H,11,19H2,1-2H3,(H2,20,21,22,23)/t17-,24?/m0/s1. The summed E-state index contributed by atoms with van der Waals surface area (Å²) in [6.45, 7) is 3.91. The van der Waals surface area contributed by atoms with E-state index in [1.54, 1.807) is 18.2 Å². The first-order chi connectivity index (χ1) is 11.3. The van der Waals surface area contributed by atoms with Crippen LogP contribution >= 0.6 is 0 Å². The van der Waals surface area contributed by atoms with Gasteiger partial charge in [-0.1, -0.05) is 56.3 Å². The summed E-state index contributed by atoms with van der Waals surface area (Å²) in [5.41, 5.74) is 7.63. The van der Waals surface area contributed by atoms with Crippen molar-refractivity contribution in [3.05, 3.63) is 54.6 Å². The molecule has 0 spiro atoms. The first-order valence-corrected chi connectivity index (χ1v) is 9.37. The van der Waals surface area contributed by atoms with Gasteiger partial charge in [0.1, 0.15) is 9.92 Å². The quantitative estimate of drug-likeness (QED) is 0.871. The summed E-state index contributed by atoms with van der Waals surface area (Å²) < 4.78 is 16.4. The van der Waals surface area contributed by atoms with Crippen molar-refractivity contribution in [1.82, 2.24) is 0 Å². The van der Waals surface area contributed by atoms with Gasteiger partial charge in [0, 0.05) is 0 Å². The van der Waals surface area contributed by atoms with E-state index < -0.39 is 21.9 Å². The number of benzene rings is 2. The van der Waals surface area contributed by atoms with Crippen molar-refractivity contribution in [1.29, 1.82) is 0 Å². The summed E-state index contributed by atoms with van der Waals surface area (Å²) in [7, 11) is -3.33. The molecule has 128 valence electrons. The van der Waals surface area contributed by atoms with Gasteiger partial charge in [-0.05, 0) is 35.6 Å². The monoisotopic (exact) mass is 345 g/mol. The molecule has 24 heavy (non-hydrogen) atoms. The highest BCUT2D eigenvalue weighted by Crippen LogP contribution is 2.22. The molecule has 0 radical (unpaired) electrons. The van der Waals surface area contributed by atoms with Crippen LogP contribution in [-0.2, 0) is 14.7 Å². The van der Waals surface area contributed by atoms with Crippen molar-refractivity contribution >= 4 is 15.8 Å². The van der Waals surface area contributed by atoms with Gasteiger partial charge < -0.3 is 5.73 Å². The summed E-state index contributed by atoms with van der Waals surface area (Å²) in [6.07, 6.45) is 0.474. The Labute approximate surface area is 143 Å². The number of hydrogen-bond acceptors (Lipinski definition) is 3. The van der Waals surface area contributed by atoms with E-state index in [4.69, 9.17) is 10.9 Å². The van der Waals surface area contributed by atoms with Crippen LogP contribution in [0.4, 0.5) is 0 Å². The first kappa shape index (κ1) is 18.3. The predicted molar refractivity (Wildman–Crippen MR) is 97.3 cm³/mol. The number of carbonyl (C=O) groups excluding carboxylic acids is 1. The Hall–Kier alpha value is -2.02. The van der Waals surface area contributed by atoms with Gasteiger partial charge >= 0.3 is 0 Å². The third-order valence-corrected chi connectivity index (χ3v) is 4.93.